The van der Waals surface area contributed by atoms with E-state index in [1.54, 1.807) is 0 Å². The molecule has 2 heterocycles. The number of nitrogens with one attached hydrogen (secondary N) is 1. The standard InChI is InChI=1S/C15H31N3/c1-13(2)18-8-5-15(4,6-9-18)12-17-10-7-16-14(3)11-17/h13-14,16H,5-12H2,1-4H3. The molecule has 0 radical (unpaired) electrons. The maximum atomic E-state index is 3.53. The van der Waals surface area contributed by atoms with Crippen LogP contribution in [0.5, 0.6) is 0 Å². The third-order valence-electron chi connectivity index (χ3n) is 4.79. The van der Waals surface area contributed by atoms with E-state index in [1.807, 2.05) is 0 Å². The highest BCUT2D eigenvalue weighted by atomic mass is 15.2. The maximum absolute atomic E-state index is 3.53. The van der Waals surface area contributed by atoms with Crippen LogP contribution in [0, 0.1) is 5.41 Å². The third kappa shape index (κ3) is 3.69. The van der Waals surface area contributed by atoms with E-state index in [0.717, 1.165) is 6.54 Å². The van der Waals surface area contributed by atoms with Crippen molar-refractivity contribution in [2.75, 3.05) is 39.3 Å². The van der Waals surface area contributed by atoms with Crippen molar-refractivity contribution in [1.82, 2.24) is 15.1 Å². The number of hydrogen-bond acceptors (Lipinski definition) is 3. The summed E-state index contributed by atoms with van der Waals surface area (Å²) < 4.78 is 0. The summed E-state index contributed by atoms with van der Waals surface area (Å²) in [7, 11) is 0. The van der Waals surface area contributed by atoms with Gasteiger partial charge in [0.2, 0.25) is 0 Å². The Hall–Kier alpha value is -0.120. The predicted molar refractivity (Wildman–Crippen MR) is 78.0 cm³/mol. The Balaban J connectivity index is 1.82. The van der Waals surface area contributed by atoms with Crippen LogP contribution in [0.15, 0.2) is 0 Å². The molecule has 1 unspecified atom stereocenters. The van der Waals surface area contributed by atoms with E-state index in [4.69, 9.17) is 0 Å². The molecule has 1 atom stereocenters. The highest BCUT2D eigenvalue weighted by Gasteiger charge is 2.33. The van der Waals surface area contributed by atoms with Gasteiger partial charge in [-0.1, -0.05) is 6.92 Å². The summed E-state index contributed by atoms with van der Waals surface area (Å²) in [6.07, 6.45) is 2.73. The normalized spacial score (nSPS) is 30.8. The first-order chi connectivity index (χ1) is 8.48. The fraction of sp³-hybridized carbons (Fsp3) is 1.00. The molecule has 0 amide bonds. The average molecular weight is 253 g/mol. The Morgan fingerprint density at radius 2 is 1.89 bits per heavy atom. The third-order valence-corrected chi connectivity index (χ3v) is 4.79. The molecule has 2 aliphatic heterocycles. The Morgan fingerprint density at radius 3 is 2.44 bits per heavy atom. The fourth-order valence-corrected chi connectivity index (χ4v) is 3.43. The topological polar surface area (TPSA) is 18.5 Å². The molecule has 3 heteroatoms. The van der Waals surface area contributed by atoms with Crippen molar-refractivity contribution in [3.05, 3.63) is 0 Å². The molecule has 0 aromatic heterocycles. The number of piperidine rings is 1. The SMILES string of the molecule is CC1CN(CC2(C)CCN(C(C)C)CC2)CCN1. The molecule has 18 heavy (non-hydrogen) atoms. The van der Waals surface area contributed by atoms with Gasteiger partial charge in [0.25, 0.3) is 0 Å². The molecule has 0 aromatic rings. The molecular weight excluding hydrogens is 222 g/mol. The molecule has 0 aromatic carbocycles. The van der Waals surface area contributed by atoms with Gasteiger partial charge < -0.3 is 10.2 Å². The van der Waals surface area contributed by atoms with Crippen LogP contribution < -0.4 is 5.32 Å². The summed E-state index contributed by atoms with van der Waals surface area (Å²) in [5, 5.41) is 3.53. The van der Waals surface area contributed by atoms with Crippen molar-refractivity contribution in [1.29, 1.82) is 0 Å². The zero-order valence-electron chi connectivity index (χ0n) is 12.7. The minimum atomic E-state index is 0.544. The molecule has 2 aliphatic rings. The number of likely N-dealkylation sites (tertiary alicyclic amines) is 1. The van der Waals surface area contributed by atoms with E-state index in [2.05, 4.69) is 42.8 Å². The van der Waals surface area contributed by atoms with E-state index in [0.29, 0.717) is 17.5 Å². The zero-order valence-corrected chi connectivity index (χ0v) is 12.7. The lowest BCUT2D eigenvalue weighted by Gasteiger charge is -2.45. The fourth-order valence-electron chi connectivity index (χ4n) is 3.43. The Kier molecular flexibility index (Phi) is 4.68. The van der Waals surface area contributed by atoms with Crippen molar-refractivity contribution in [2.24, 2.45) is 5.41 Å². The Morgan fingerprint density at radius 1 is 1.22 bits per heavy atom. The van der Waals surface area contributed by atoms with Gasteiger partial charge >= 0.3 is 0 Å². The van der Waals surface area contributed by atoms with Crippen LogP contribution in [0.3, 0.4) is 0 Å². The molecule has 0 saturated carbocycles. The average Bonchev–Trinajstić information content (AvgIpc) is 2.29. The minimum Gasteiger partial charge on any atom is -0.312 e. The predicted octanol–water partition coefficient (Wildman–Crippen LogP) is 1.79. The molecule has 2 saturated heterocycles. The summed E-state index contributed by atoms with van der Waals surface area (Å²) in [5.74, 6) is 0. The zero-order chi connectivity index (χ0) is 13.2. The number of rotatable bonds is 3. The van der Waals surface area contributed by atoms with Crippen molar-refractivity contribution in [3.8, 4) is 0 Å². The first-order valence-corrected chi connectivity index (χ1v) is 7.68. The van der Waals surface area contributed by atoms with E-state index in [9.17, 15) is 0 Å². The molecule has 106 valence electrons. The van der Waals surface area contributed by atoms with Crippen LogP contribution in [0.4, 0.5) is 0 Å². The summed E-state index contributed by atoms with van der Waals surface area (Å²) in [5.41, 5.74) is 0.544. The number of piperazine rings is 1. The van der Waals surface area contributed by atoms with E-state index < -0.39 is 0 Å². The van der Waals surface area contributed by atoms with Crippen LogP contribution in [-0.4, -0.2) is 61.2 Å². The van der Waals surface area contributed by atoms with Gasteiger partial charge in [-0.2, -0.15) is 0 Å². The number of hydrogen-bond donors (Lipinski definition) is 1. The lowest BCUT2D eigenvalue weighted by Crippen LogP contribution is -2.53. The quantitative estimate of drug-likeness (QED) is 0.827. The summed E-state index contributed by atoms with van der Waals surface area (Å²) in [4.78, 5) is 5.30. The summed E-state index contributed by atoms with van der Waals surface area (Å²) in [6.45, 7) is 16.9. The second-order valence-electron chi connectivity index (χ2n) is 7.03. The lowest BCUT2D eigenvalue weighted by molar-refractivity contribution is 0.0524. The van der Waals surface area contributed by atoms with Crippen molar-refractivity contribution in [2.45, 2.75) is 52.6 Å². The minimum absolute atomic E-state index is 0.544. The second kappa shape index (κ2) is 5.89. The van der Waals surface area contributed by atoms with Crippen LogP contribution in [0.25, 0.3) is 0 Å². The summed E-state index contributed by atoms with van der Waals surface area (Å²) in [6, 6.07) is 1.38. The first kappa shape index (κ1) is 14.3. The van der Waals surface area contributed by atoms with Gasteiger partial charge in [0.15, 0.2) is 0 Å². The lowest BCUT2D eigenvalue weighted by atomic mass is 9.79. The van der Waals surface area contributed by atoms with E-state index in [-0.39, 0.29) is 0 Å². The van der Waals surface area contributed by atoms with Crippen molar-refractivity contribution >= 4 is 0 Å². The molecule has 2 rings (SSSR count). The van der Waals surface area contributed by atoms with Crippen LogP contribution in [0.1, 0.15) is 40.5 Å². The van der Waals surface area contributed by atoms with Crippen LogP contribution in [0.2, 0.25) is 0 Å². The van der Waals surface area contributed by atoms with Gasteiger partial charge in [0.05, 0.1) is 0 Å². The van der Waals surface area contributed by atoms with E-state index >= 15 is 0 Å². The Bertz CT molecular complexity index is 256. The van der Waals surface area contributed by atoms with E-state index in [1.165, 1.54) is 45.6 Å². The van der Waals surface area contributed by atoms with Crippen LogP contribution in [-0.2, 0) is 0 Å². The molecule has 1 N–H and O–H groups in total. The first-order valence-electron chi connectivity index (χ1n) is 7.68. The number of nitrogens with zero attached hydrogens (tertiary/aromatic N) is 2. The van der Waals surface area contributed by atoms with Gasteiger partial charge in [0.1, 0.15) is 0 Å². The molecular formula is C15H31N3. The van der Waals surface area contributed by atoms with Crippen molar-refractivity contribution < 1.29 is 0 Å². The molecule has 0 aliphatic carbocycles. The second-order valence-corrected chi connectivity index (χ2v) is 7.03. The molecule has 3 nitrogen and oxygen atoms in total. The summed E-state index contributed by atoms with van der Waals surface area (Å²) >= 11 is 0. The highest BCUT2D eigenvalue weighted by molar-refractivity contribution is 4.88. The monoisotopic (exact) mass is 253 g/mol. The highest BCUT2D eigenvalue weighted by Crippen LogP contribution is 2.32. The molecule has 0 bridgehead atoms. The van der Waals surface area contributed by atoms with Gasteiger partial charge in [-0.3, -0.25) is 4.90 Å². The maximum Gasteiger partial charge on any atom is 0.0167 e. The smallest absolute Gasteiger partial charge is 0.0167 e. The van der Waals surface area contributed by atoms with Gasteiger partial charge in [-0.25, -0.2) is 0 Å². The van der Waals surface area contributed by atoms with Crippen molar-refractivity contribution in [3.63, 3.8) is 0 Å². The van der Waals surface area contributed by atoms with Gasteiger partial charge in [-0.15, -0.1) is 0 Å². The van der Waals surface area contributed by atoms with Gasteiger partial charge in [0, 0.05) is 38.3 Å². The van der Waals surface area contributed by atoms with Crippen LogP contribution >= 0.6 is 0 Å². The largest absolute Gasteiger partial charge is 0.312 e. The molecule has 2 fully saturated rings. The Labute approximate surface area is 113 Å². The molecule has 0 spiro atoms. The van der Waals surface area contributed by atoms with Gasteiger partial charge in [-0.05, 0) is 52.1 Å².